The quantitative estimate of drug-likeness (QED) is 0.744. The number of ether oxygens (including phenoxy) is 1. The van der Waals surface area contributed by atoms with Gasteiger partial charge < -0.3 is 9.84 Å². The molecule has 0 bridgehead atoms. The first kappa shape index (κ1) is 16.7. The Hall–Kier alpha value is -0.710. The zero-order chi connectivity index (χ0) is 15.6. The number of piperidine rings is 1. The first-order valence-corrected chi connectivity index (χ1v) is 8.94. The first-order chi connectivity index (χ1) is 9.86. The average molecular weight is 425 g/mol. The van der Waals surface area contributed by atoms with Crippen LogP contribution < -0.4 is 0 Å². The third kappa shape index (κ3) is 3.55. The lowest BCUT2D eigenvalue weighted by molar-refractivity contribution is 0.0604. The Kier molecular flexibility index (Phi) is 5.23. The Bertz CT molecular complexity index is 638. The predicted molar refractivity (Wildman–Crippen MR) is 84.9 cm³/mol. The van der Waals surface area contributed by atoms with Gasteiger partial charge >= 0.3 is 5.97 Å². The minimum absolute atomic E-state index is 0.00320. The van der Waals surface area contributed by atoms with Gasteiger partial charge in [-0.15, -0.1) is 0 Å². The third-order valence-corrected chi connectivity index (χ3v) is 6.38. The molecule has 1 aromatic rings. The summed E-state index contributed by atoms with van der Waals surface area (Å²) in [6.07, 6.45) is 1.38. The van der Waals surface area contributed by atoms with Crippen LogP contribution in [-0.2, 0) is 14.8 Å². The van der Waals surface area contributed by atoms with E-state index in [1.54, 1.807) is 7.11 Å². The molecule has 1 aliphatic heterocycles. The maximum Gasteiger partial charge on any atom is 0.336 e. The molecule has 0 radical (unpaired) electrons. The SMILES string of the molecule is COC1CCN(S(=O)(=O)c2ccc(I)c(C(=O)O)c2)CC1. The molecule has 0 amide bonds. The van der Waals surface area contributed by atoms with Crippen LogP contribution in [0.5, 0.6) is 0 Å². The molecule has 0 aliphatic carbocycles. The maximum absolute atomic E-state index is 12.6. The van der Waals surface area contributed by atoms with E-state index in [1.807, 2.05) is 22.6 Å². The zero-order valence-corrected chi connectivity index (χ0v) is 14.4. The molecular formula is C13H16INO5S. The number of carbonyl (C=O) groups is 1. The van der Waals surface area contributed by atoms with Gasteiger partial charge in [-0.1, -0.05) is 0 Å². The molecular weight excluding hydrogens is 409 g/mol. The molecule has 116 valence electrons. The van der Waals surface area contributed by atoms with Gasteiger partial charge in [0.1, 0.15) is 0 Å². The lowest BCUT2D eigenvalue weighted by Gasteiger charge is -2.30. The van der Waals surface area contributed by atoms with Crippen molar-refractivity contribution in [3.05, 3.63) is 27.3 Å². The standard InChI is InChI=1S/C13H16INO5S/c1-20-9-4-6-15(7-5-9)21(18,19)10-2-3-12(14)11(8-10)13(16)17/h2-3,8-9H,4-7H2,1H3,(H,16,17). The van der Waals surface area contributed by atoms with E-state index >= 15 is 0 Å². The highest BCUT2D eigenvalue weighted by Crippen LogP contribution is 2.24. The highest BCUT2D eigenvalue weighted by molar-refractivity contribution is 14.1. The Labute approximate surface area is 137 Å². The number of carboxylic acid groups (broad SMARTS) is 1. The van der Waals surface area contributed by atoms with E-state index in [9.17, 15) is 13.2 Å². The van der Waals surface area contributed by atoms with Crippen molar-refractivity contribution in [3.8, 4) is 0 Å². The van der Waals surface area contributed by atoms with Crippen molar-refractivity contribution in [2.24, 2.45) is 0 Å². The molecule has 0 aromatic heterocycles. The van der Waals surface area contributed by atoms with Crippen LogP contribution in [0.15, 0.2) is 23.1 Å². The van der Waals surface area contributed by atoms with E-state index in [4.69, 9.17) is 9.84 Å². The molecule has 6 nitrogen and oxygen atoms in total. The van der Waals surface area contributed by atoms with E-state index in [1.165, 1.54) is 22.5 Å². The lowest BCUT2D eigenvalue weighted by atomic mass is 10.1. The predicted octanol–water partition coefficient (Wildman–Crippen LogP) is 1.79. The normalized spacial score (nSPS) is 17.8. The van der Waals surface area contributed by atoms with E-state index < -0.39 is 16.0 Å². The number of carboxylic acids is 1. The van der Waals surface area contributed by atoms with Crippen molar-refractivity contribution in [2.45, 2.75) is 23.8 Å². The number of sulfonamides is 1. The van der Waals surface area contributed by atoms with Gasteiger partial charge in [0.15, 0.2) is 0 Å². The molecule has 0 saturated carbocycles. The fourth-order valence-electron chi connectivity index (χ4n) is 2.29. The second-order valence-corrected chi connectivity index (χ2v) is 7.89. The zero-order valence-electron chi connectivity index (χ0n) is 11.5. The molecule has 8 heteroatoms. The summed E-state index contributed by atoms with van der Waals surface area (Å²) in [6, 6.07) is 4.19. The van der Waals surface area contributed by atoms with E-state index in [-0.39, 0.29) is 16.6 Å². The van der Waals surface area contributed by atoms with Crippen LogP contribution >= 0.6 is 22.6 Å². The monoisotopic (exact) mass is 425 g/mol. The number of hydrogen-bond donors (Lipinski definition) is 1. The molecule has 0 atom stereocenters. The number of nitrogens with zero attached hydrogens (tertiary/aromatic N) is 1. The molecule has 1 heterocycles. The van der Waals surface area contributed by atoms with Crippen LogP contribution in [0.2, 0.25) is 0 Å². The molecule has 21 heavy (non-hydrogen) atoms. The number of halogens is 1. The van der Waals surface area contributed by atoms with Crippen LogP contribution in [0.25, 0.3) is 0 Å². The highest BCUT2D eigenvalue weighted by Gasteiger charge is 2.30. The van der Waals surface area contributed by atoms with Gasteiger partial charge in [0.05, 0.1) is 16.6 Å². The van der Waals surface area contributed by atoms with Crippen LogP contribution in [-0.4, -0.2) is 50.1 Å². The molecule has 1 fully saturated rings. The molecule has 0 spiro atoms. The first-order valence-electron chi connectivity index (χ1n) is 6.42. The van der Waals surface area contributed by atoms with E-state index in [0.29, 0.717) is 29.5 Å². The van der Waals surface area contributed by atoms with Gasteiger partial charge in [-0.05, 0) is 53.6 Å². The number of benzene rings is 1. The van der Waals surface area contributed by atoms with E-state index in [2.05, 4.69) is 0 Å². The Balaban J connectivity index is 2.28. The van der Waals surface area contributed by atoms with Gasteiger partial charge in [-0.3, -0.25) is 0 Å². The number of rotatable bonds is 4. The number of methoxy groups -OCH3 is 1. The summed E-state index contributed by atoms with van der Waals surface area (Å²) in [6.45, 7) is 0.768. The van der Waals surface area contributed by atoms with Crippen LogP contribution in [0.1, 0.15) is 23.2 Å². The van der Waals surface area contributed by atoms with Crippen molar-refractivity contribution in [3.63, 3.8) is 0 Å². The van der Waals surface area contributed by atoms with Crippen molar-refractivity contribution < 1.29 is 23.1 Å². The fourth-order valence-corrected chi connectivity index (χ4v) is 4.35. The van der Waals surface area contributed by atoms with Crippen LogP contribution in [0.3, 0.4) is 0 Å². The molecule has 1 aromatic carbocycles. The summed E-state index contributed by atoms with van der Waals surface area (Å²) in [5, 5.41) is 9.10. The van der Waals surface area contributed by atoms with Gasteiger partial charge in [-0.2, -0.15) is 4.31 Å². The van der Waals surface area contributed by atoms with Crippen molar-refractivity contribution in [1.29, 1.82) is 0 Å². The molecule has 1 aliphatic rings. The topological polar surface area (TPSA) is 83.9 Å². The van der Waals surface area contributed by atoms with Gasteiger partial charge in [0, 0.05) is 23.8 Å². The highest BCUT2D eigenvalue weighted by atomic mass is 127. The van der Waals surface area contributed by atoms with Crippen LogP contribution in [0, 0.1) is 3.57 Å². The van der Waals surface area contributed by atoms with Gasteiger partial charge in [0.2, 0.25) is 10.0 Å². The summed E-state index contributed by atoms with van der Waals surface area (Å²) >= 11 is 1.88. The van der Waals surface area contributed by atoms with Crippen molar-refractivity contribution >= 4 is 38.6 Å². The largest absolute Gasteiger partial charge is 0.478 e. The summed E-state index contributed by atoms with van der Waals surface area (Å²) in [4.78, 5) is 11.2. The second-order valence-electron chi connectivity index (χ2n) is 4.79. The fraction of sp³-hybridized carbons (Fsp3) is 0.462. The lowest BCUT2D eigenvalue weighted by Crippen LogP contribution is -2.40. The smallest absolute Gasteiger partial charge is 0.336 e. The average Bonchev–Trinajstić information content (AvgIpc) is 2.47. The summed E-state index contributed by atoms with van der Waals surface area (Å²) in [5.74, 6) is -1.13. The maximum atomic E-state index is 12.6. The summed E-state index contributed by atoms with van der Waals surface area (Å²) < 4.78 is 32.2. The molecule has 1 N–H and O–H groups in total. The van der Waals surface area contributed by atoms with Gasteiger partial charge in [-0.25, -0.2) is 13.2 Å². The third-order valence-electron chi connectivity index (χ3n) is 3.54. The Morgan fingerprint density at radius 3 is 2.52 bits per heavy atom. The summed E-state index contributed by atoms with van der Waals surface area (Å²) in [5.41, 5.74) is 0.00320. The van der Waals surface area contributed by atoms with Crippen molar-refractivity contribution in [2.75, 3.05) is 20.2 Å². The van der Waals surface area contributed by atoms with E-state index in [0.717, 1.165) is 0 Å². The number of aromatic carboxylic acids is 1. The second kappa shape index (κ2) is 6.59. The van der Waals surface area contributed by atoms with Crippen molar-refractivity contribution in [1.82, 2.24) is 4.31 Å². The molecule has 1 saturated heterocycles. The number of hydrogen-bond acceptors (Lipinski definition) is 4. The minimum atomic E-state index is -3.66. The molecule has 2 rings (SSSR count). The molecule has 0 unspecified atom stereocenters. The Morgan fingerprint density at radius 2 is 2.00 bits per heavy atom. The van der Waals surface area contributed by atoms with Gasteiger partial charge in [0.25, 0.3) is 0 Å². The minimum Gasteiger partial charge on any atom is -0.478 e. The Morgan fingerprint density at radius 1 is 1.38 bits per heavy atom. The summed E-state index contributed by atoms with van der Waals surface area (Å²) in [7, 11) is -2.04. The van der Waals surface area contributed by atoms with Crippen LogP contribution in [0.4, 0.5) is 0 Å².